The van der Waals surface area contributed by atoms with Crippen LogP contribution < -0.4 is 0 Å². The first-order chi connectivity index (χ1) is 10.8. The van der Waals surface area contributed by atoms with Crippen molar-refractivity contribution in [1.29, 1.82) is 0 Å². The number of likely N-dealkylation sites (tertiary alicyclic amines) is 1. The van der Waals surface area contributed by atoms with E-state index in [9.17, 15) is 17.1 Å². The van der Waals surface area contributed by atoms with Crippen molar-refractivity contribution in [2.24, 2.45) is 5.92 Å². The Hall–Kier alpha value is -1.27. The number of halogens is 1. The van der Waals surface area contributed by atoms with Gasteiger partial charge in [0.25, 0.3) is 0 Å². The molecule has 0 radical (unpaired) electrons. The summed E-state index contributed by atoms with van der Waals surface area (Å²) in [5.74, 6) is 0.161. The van der Waals surface area contributed by atoms with E-state index < -0.39 is 16.0 Å². The Balaban J connectivity index is 1.71. The largest absolute Gasteiger partial charge is 0.303 e. The lowest BCUT2D eigenvalue weighted by atomic mass is 9.90. The number of hydrogen-bond donors (Lipinski definition) is 0. The number of carbonyl (C=O) groups is 1. The average Bonchev–Trinajstić information content (AvgIpc) is 2.48. The monoisotopic (exact) mass is 341 g/mol. The van der Waals surface area contributed by atoms with Gasteiger partial charge < -0.3 is 4.90 Å². The second-order valence-corrected chi connectivity index (χ2v) is 7.92. The zero-order chi connectivity index (χ0) is 16.9. The first-order valence-electron chi connectivity index (χ1n) is 8.04. The van der Waals surface area contributed by atoms with Gasteiger partial charge in [0.15, 0.2) is 0 Å². The van der Waals surface area contributed by atoms with Gasteiger partial charge in [0, 0.05) is 19.4 Å². The van der Waals surface area contributed by atoms with Crippen LogP contribution in [-0.2, 0) is 21.4 Å². The molecule has 0 bridgehead atoms. The van der Waals surface area contributed by atoms with E-state index in [1.165, 1.54) is 5.56 Å². The zero-order valence-corrected chi connectivity index (χ0v) is 14.3. The molecule has 0 aliphatic carbocycles. The number of Topliss-reactive ketones (excluding diaryl/α,β-unsaturated/α-hetero) is 1. The lowest BCUT2D eigenvalue weighted by molar-refractivity contribution is -0.119. The lowest BCUT2D eigenvalue weighted by Gasteiger charge is -2.31. The SMILES string of the molecule is Cc1ccc(CC(=O)CC2CCN(CCS(=O)(=O)F)CC2)cc1. The van der Waals surface area contributed by atoms with Crippen LogP contribution in [0.25, 0.3) is 0 Å². The Morgan fingerprint density at radius 2 is 1.83 bits per heavy atom. The Bertz CT molecular complexity index is 620. The van der Waals surface area contributed by atoms with Crippen LogP contribution in [0, 0.1) is 12.8 Å². The summed E-state index contributed by atoms with van der Waals surface area (Å²) in [5, 5.41) is 0. The molecule has 1 aliphatic heterocycles. The summed E-state index contributed by atoms with van der Waals surface area (Å²) in [6, 6.07) is 8.01. The van der Waals surface area contributed by atoms with Crippen molar-refractivity contribution in [3.63, 3.8) is 0 Å². The maximum absolute atomic E-state index is 12.5. The van der Waals surface area contributed by atoms with E-state index >= 15 is 0 Å². The smallest absolute Gasteiger partial charge is 0.302 e. The third-order valence-corrected chi connectivity index (χ3v) is 5.07. The number of ketones is 1. The third-order valence-electron chi connectivity index (χ3n) is 4.40. The fourth-order valence-corrected chi connectivity index (χ4v) is 3.46. The minimum absolute atomic E-state index is 0.239. The molecule has 1 aromatic rings. The number of benzene rings is 1. The van der Waals surface area contributed by atoms with Gasteiger partial charge in [-0.05, 0) is 44.3 Å². The molecule has 6 heteroatoms. The normalized spacial score (nSPS) is 17.3. The standard InChI is InChI=1S/C17H24FNO3S/c1-14-2-4-15(5-3-14)12-17(20)13-16-6-8-19(9-7-16)10-11-23(18,21)22/h2-5,16H,6-13H2,1H3. The first kappa shape index (κ1) is 18.1. The van der Waals surface area contributed by atoms with Crippen molar-refractivity contribution in [2.75, 3.05) is 25.4 Å². The average molecular weight is 341 g/mol. The molecule has 0 aromatic heterocycles. The van der Waals surface area contributed by atoms with Gasteiger partial charge in [-0.3, -0.25) is 4.79 Å². The van der Waals surface area contributed by atoms with Crippen LogP contribution in [0.1, 0.15) is 30.4 Å². The maximum Gasteiger partial charge on any atom is 0.303 e. The Morgan fingerprint density at radius 3 is 2.39 bits per heavy atom. The highest BCUT2D eigenvalue weighted by Crippen LogP contribution is 2.21. The molecule has 1 aliphatic rings. The third kappa shape index (κ3) is 6.79. The second-order valence-electron chi connectivity index (χ2n) is 6.43. The molecule has 0 saturated carbocycles. The van der Waals surface area contributed by atoms with E-state index in [1.54, 1.807) is 0 Å². The van der Waals surface area contributed by atoms with Crippen LogP contribution in [0.15, 0.2) is 24.3 Å². The number of piperidine rings is 1. The molecule has 23 heavy (non-hydrogen) atoms. The van der Waals surface area contributed by atoms with Gasteiger partial charge in [0.05, 0.1) is 5.75 Å². The molecule has 0 N–H and O–H groups in total. The highest BCUT2D eigenvalue weighted by Gasteiger charge is 2.22. The van der Waals surface area contributed by atoms with Crippen LogP contribution in [0.2, 0.25) is 0 Å². The highest BCUT2D eigenvalue weighted by atomic mass is 32.3. The van der Waals surface area contributed by atoms with Crippen LogP contribution in [0.3, 0.4) is 0 Å². The van der Waals surface area contributed by atoms with E-state index in [4.69, 9.17) is 0 Å². The highest BCUT2D eigenvalue weighted by molar-refractivity contribution is 7.86. The van der Waals surface area contributed by atoms with Gasteiger partial charge >= 0.3 is 10.2 Å². The fraction of sp³-hybridized carbons (Fsp3) is 0.588. The van der Waals surface area contributed by atoms with Crippen LogP contribution in [-0.4, -0.2) is 44.5 Å². The second kappa shape index (κ2) is 8.02. The van der Waals surface area contributed by atoms with Crippen LogP contribution >= 0.6 is 0 Å². The molecule has 0 spiro atoms. The molecule has 1 heterocycles. The summed E-state index contributed by atoms with van der Waals surface area (Å²) in [4.78, 5) is 14.1. The van der Waals surface area contributed by atoms with Gasteiger partial charge in [-0.1, -0.05) is 29.8 Å². The van der Waals surface area contributed by atoms with E-state index in [-0.39, 0.29) is 12.3 Å². The van der Waals surface area contributed by atoms with E-state index in [1.807, 2.05) is 36.1 Å². The summed E-state index contributed by atoms with van der Waals surface area (Å²) in [6.45, 7) is 3.73. The molecule has 128 valence electrons. The number of rotatable bonds is 7. The van der Waals surface area contributed by atoms with Gasteiger partial charge in [0.1, 0.15) is 5.78 Å². The molecule has 1 saturated heterocycles. The molecule has 0 unspecified atom stereocenters. The summed E-state index contributed by atoms with van der Waals surface area (Å²) in [7, 11) is -4.39. The van der Waals surface area contributed by atoms with Gasteiger partial charge in [-0.25, -0.2) is 0 Å². The molecule has 0 atom stereocenters. The predicted molar refractivity (Wildman–Crippen MR) is 88.6 cm³/mol. The van der Waals surface area contributed by atoms with Crippen molar-refractivity contribution in [2.45, 2.75) is 32.6 Å². The van der Waals surface area contributed by atoms with Crippen molar-refractivity contribution in [1.82, 2.24) is 4.90 Å². The zero-order valence-electron chi connectivity index (χ0n) is 13.5. The summed E-state index contributed by atoms with van der Waals surface area (Å²) in [6.07, 6.45) is 2.78. The summed E-state index contributed by atoms with van der Waals surface area (Å²) >= 11 is 0. The molecule has 1 fully saturated rings. The van der Waals surface area contributed by atoms with Crippen LogP contribution in [0.5, 0.6) is 0 Å². The molecule has 1 aromatic carbocycles. The molecule has 0 amide bonds. The topological polar surface area (TPSA) is 54.5 Å². The van der Waals surface area contributed by atoms with E-state index in [0.29, 0.717) is 18.8 Å². The van der Waals surface area contributed by atoms with Crippen molar-refractivity contribution in [3.05, 3.63) is 35.4 Å². The van der Waals surface area contributed by atoms with Gasteiger partial charge in [0.2, 0.25) is 0 Å². The fourth-order valence-electron chi connectivity index (χ4n) is 2.98. The molecule has 2 rings (SSSR count). The Kier molecular flexibility index (Phi) is 6.30. The maximum atomic E-state index is 12.5. The number of hydrogen-bond acceptors (Lipinski definition) is 4. The summed E-state index contributed by atoms with van der Waals surface area (Å²) < 4.78 is 33.6. The van der Waals surface area contributed by atoms with Gasteiger partial charge in [-0.2, -0.15) is 8.42 Å². The minimum atomic E-state index is -4.39. The Morgan fingerprint density at radius 1 is 1.22 bits per heavy atom. The number of aryl methyl sites for hydroxylation is 1. The quantitative estimate of drug-likeness (QED) is 0.715. The molecule has 4 nitrogen and oxygen atoms in total. The lowest BCUT2D eigenvalue weighted by Crippen LogP contribution is -2.37. The predicted octanol–water partition coefficient (Wildman–Crippen LogP) is 2.51. The minimum Gasteiger partial charge on any atom is -0.302 e. The van der Waals surface area contributed by atoms with Gasteiger partial charge in [-0.15, -0.1) is 3.89 Å². The summed E-state index contributed by atoms with van der Waals surface area (Å²) in [5.41, 5.74) is 2.23. The van der Waals surface area contributed by atoms with Crippen molar-refractivity contribution < 1.29 is 17.1 Å². The van der Waals surface area contributed by atoms with E-state index in [2.05, 4.69) is 0 Å². The number of nitrogens with zero attached hydrogens (tertiary/aromatic N) is 1. The van der Waals surface area contributed by atoms with E-state index in [0.717, 1.165) is 31.5 Å². The molecular formula is C17H24FNO3S. The molecular weight excluding hydrogens is 317 g/mol. The first-order valence-corrected chi connectivity index (χ1v) is 9.59. The van der Waals surface area contributed by atoms with Crippen LogP contribution in [0.4, 0.5) is 3.89 Å². The van der Waals surface area contributed by atoms with Crippen molar-refractivity contribution >= 4 is 16.0 Å². The van der Waals surface area contributed by atoms with Crippen molar-refractivity contribution in [3.8, 4) is 0 Å². The Labute approximate surface area is 137 Å². The number of carbonyl (C=O) groups excluding carboxylic acids is 1.